The predicted molar refractivity (Wildman–Crippen MR) is 77.0 cm³/mol. The topological polar surface area (TPSA) is 64.9 Å². The van der Waals surface area contributed by atoms with E-state index in [1.807, 2.05) is 36.0 Å². The number of benzene rings is 1. The van der Waals surface area contributed by atoms with Crippen molar-refractivity contribution < 1.29 is 4.52 Å². The van der Waals surface area contributed by atoms with Crippen molar-refractivity contribution >= 4 is 17.4 Å². The molecule has 0 aliphatic carbocycles. The van der Waals surface area contributed by atoms with Crippen molar-refractivity contribution in [3.05, 3.63) is 41.5 Å². The number of nitrogens with two attached hydrogens (primary N) is 1. The number of thioether (sulfide) groups is 1. The number of nitrogen functional groups attached to an aromatic ring is 1. The van der Waals surface area contributed by atoms with Crippen molar-refractivity contribution in [1.82, 2.24) is 10.1 Å². The molecule has 4 nitrogen and oxygen atoms in total. The van der Waals surface area contributed by atoms with Gasteiger partial charge in [-0.3, -0.25) is 0 Å². The Hall–Kier alpha value is -1.49. The molecule has 100 valence electrons. The highest BCUT2D eigenvalue weighted by molar-refractivity contribution is 7.99. The molecule has 1 aliphatic rings. The van der Waals surface area contributed by atoms with Gasteiger partial charge in [0.05, 0.1) is 11.7 Å². The predicted octanol–water partition coefficient (Wildman–Crippen LogP) is 3.20. The Labute approximate surface area is 116 Å². The van der Waals surface area contributed by atoms with Gasteiger partial charge in [0.2, 0.25) is 5.89 Å². The van der Waals surface area contributed by atoms with E-state index >= 15 is 0 Å². The zero-order valence-electron chi connectivity index (χ0n) is 10.7. The van der Waals surface area contributed by atoms with Gasteiger partial charge in [-0.1, -0.05) is 23.7 Å². The Balaban J connectivity index is 1.68. The van der Waals surface area contributed by atoms with Crippen LogP contribution in [-0.4, -0.2) is 15.9 Å². The van der Waals surface area contributed by atoms with Crippen molar-refractivity contribution in [3.63, 3.8) is 0 Å². The third kappa shape index (κ3) is 3.10. The van der Waals surface area contributed by atoms with E-state index in [4.69, 9.17) is 10.3 Å². The molecule has 2 N–H and O–H groups in total. The average molecular weight is 275 g/mol. The summed E-state index contributed by atoms with van der Waals surface area (Å²) < 4.78 is 5.35. The van der Waals surface area contributed by atoms with Gasteiger partial charge in [0.15, 0.2) is 5.82 Å². The van der Waals surface area contributed by atoms with Crippen LogP contribution < -0.4 is 5.73 Å². The molecule has 2 aromatic rings. The standard InChI is InChI=1S/C14H17N3OS/c15-11-6-4-10(5-7-11)9-13-16-14(17-18-13)12-3-1-2-8-19-12/h4-7,12H,1-3,8-9,15H2. The molecule has 0 saturated carbocycles. The first-order valence-corrected chi connectivity index (χ1v) is 7.64. The average Bonchev–Trinajstić information content (AvgIpc) is 2.91. The fourth-order valence-corrected chi connectivity index (χ4v) is 3.46. The van der Waals surface area contributed by atoms with Gasteiger partial charge in [0.25, 0.3) is 0 Å². The molecule has 0 radical (unpaired) electrons. The van der Waals surface area contributed by atoms with E-state index in [0.717, 1.165) is 23.5 Å². The number of rotatable bonds is 3. The molecule has 1 aromatic carbocycles. The van der Waals surface area contributed by atoms with Crippen molar-refractivity contribution in [2.75, 3.05) is 11.5 Å². The zero-order chi connectivity index (χ0) is 13.1. The van der Waals surface area contributed by atoms with Crippen molar-refractivity contribution in [3.8, 4) is 0 Å². The van der Waals surface area contributed by atoms with E-state index in [2.05, 4.69) is 10.1 Å². The zero-order valence-corrected chi connectivity index (χ0v) is 11.5. The quantitative estimate of drug-likeness (QED) is 0.871. The van der Waals surface area contributed by atoms with Crippen molar-refractivity contribution in [2.24, 2.45) is 0 Å². The number of anilines is 1. The molecule has 0 bridgehead atoms. The molecule has 1 aromatic heterocycles. The fourth-order valence-electron chi connectivity index (χ4n) is 2.23. The lowest BCUT2D eigenvalue weighted by Crippen LogP contribution is -2.03. The normalized spacial score (nSPS) is 19.5. The Morgan fingerprint density at radius 1 is 1.26 bits per heavy atom. The summed E-state index contributed by atoms with van der Waals surface area (Å²) in [6.45, 7) is 0. The van der Waals surface area contributed by atoms with Crippen molar-refractivity contribution in [1.29, 1.82) is 0 Å². The van der Waals surface area contributed by atoms with Crippen LogP contribution in [0.1, 0.15) is 41.8 Å². The monoisotopic (exact) mass is 275 g/mol. The van der Waals surface area contributed by atoms with Gasteiger partial charge >= 0.3 is 0 Å². The summed E-state index contributed by atoms with van der Waals surface area (Å²) in [6.07, 6.45) is 4.40. The largest absolute Gasteiger partial charge is 0.399 e. The Bertz CT molecular complexity index is 532. The van der Waals surface area contributed by atoms with Crippen LogP contribution >= 0.6 is 11.8 Å². The van der Waals surface area contributed by atoms with Crippen LogP contribution in [-0.2, 0) is 6.42 Å². The summed E-state index contributed by atoms with van der Waals surface area (Å²) in [5.41, 5.74) is 7.58. The lowest BCUT2D eigenvalue weighted by atomic mass is 10.1. The fraction of sp³-hybridized carbons (Fsp3) is 0.429. The second-order valence-electron chi connectivity index (χ2n) is 4.82. The molecule has 5 heteroatoms. The highest BCUT2D eigenvalue weighted by Crippen LogP contribution is 2.36. The second kappa shape index (κ2) is 5.65. The van der Waals surface area contributed by atoms with Gasteiger partial charge < -0.3 is 10.3 Å². The maximum Gasteiger partial charge on any atom is 0.231 e. The molecule has 1 atom stereocenters. The molecule has 3 rings (SSSR count). The lowest BCUT2D eigenvalue weighted by Gasteiger charge is -2.17. The summed E-state index contributed by atoms with van der Waals surface area (Å²) in [7, 11) is 0. The summed E-state index contributed by atoms with van der Waals surface area (Å²) in [5, 5.41) is 4.54. The van der Waals surface area contributed by atoms with E-state index in [1.54, 1.807) is 0 Å². The van der Waals surface area contributed by atoms with Crippen LogP contribution in [0.2, 0.25) is 0 Å². The molecule has 1 aliphatic heterocycles. The van der Waals surface area contributed by atoms with Crippen molar-refractivity contribution in [2.45, 2.75) is 30.9 Å². The molecule has 1 saturated heterocycles. The van der Waals surface area contributed by atoms with Crippen LogP contribution in [0.3, 0.4) is 0 Å². The van der Waals surface area contributed by atoms with Gasteiger partial charge in [-0.15, -0.1) is 0 Å². The summed E-state index contributed by atoms with van der Waals surface area (Å²) >= 11 is 1.94. The first-order chi connectivity index (χ1) is 9.31. The number of nitrogens with zero attached hydrogens (tertiary/aromatic N) is 2. The molecule has 0 spiro atoms. The van der Waals surface area contributed by atoms with E-state index in [9.17, 15) is 0 Å². The minimum absolute atomic E-state index is 0.415. The van der Waals surface area contributed by atoms with E-state index in [-0.39, 0.29) is 0 Å². The first kappa shape index (κ1) is 12.5. The molecular weight excluding hydrogens is 258 g/mol. The van der Waals surface area contributed by atoms with Crippen LogP contribution in [0.4, 0.5) is 5.69 Å². The molecule has 0 amide bonds. The summed E-state index contributed by atoms with van der Waals surface area (Å²) in [4.78, 5) is 4.52. The van der Waals surface area contributed by atoms with Gasteiger partial charge in [0.1, 0.15) is 0 Å². The lowest BCUT2D eigenvalue weighted by molar-refractivity contribution is 0.378. The minimum Gasteiger partial charge on any atom is -0.399 e. The Morgan fingerprint density at radius 2 is 2.11 bits per heavy atom. The minimum atomic E-state index is 0.415. The van der Waals surface area contributed by atoms with Crippen LogP contribution in [0.25, 0.3) is 0 Å². The molecule has 1 unspecified atom stereocenters. The molecule has 2 heterocycles. The van der Waals surface area contributed by atoms with Crippen LogP contribution in [0, 0.1) is 0 Å². The summed E-state index contributed by atoms with van der Waals surface area (Å²) in [6, 6.07) is 7.77. The van der Waals surface area contributed by atoms with Gasteiger partial charge in [-0.2, -0.15) is 16.7 Å². The highest BCUT2D eigenvalue weighted by Gasteiger charge is 2.21. The van der Waals surface area contributed by atoms with E-state index in [0.29, 0.717) is 17.6 Å². The smallest absolute Gasteiger partial charge is 0.231 e. The second-order valence-corrected chi connectivity index (χ2v) is 6.13. The highest BCUT2D eigenvalue weighted by atomic mass is 32.2. The molecule has 1 fully saturated rings. The Morgan fingerprint density at radius 3 is 2.84 bits per heavy atom. The number of hydrogen-bond acceptors (Lipinski definition) is 5. The summed E-state index contributed by atoms with van der Waals surface area (Å²) in [5.74, 6) is 2.74. The first-order valence-electron chi connectivity index (χ1n) is 6.60. The third-order valence-electron chi connectivity index (χ3n) is 3.29. The van der Waals surface area contributed by atoms with Gasteiger partial charge in [0, 0.05) is 5.69 Å². The van der Waals surface area contributed by atoms with Crippen LogP contribution in [0.15, 0.2) is 28.8 Å². The number of hydrogen-bond donors (Lipinski definition) is 1. The maximum absolute atomic E-state index is 5.67. The SMILES string of the molecule is Nc1ccc(Cc2nc(C3CCCCS3)no2)cc1. The van der Waals surface area contributed by atoms with Gasteiger partial charge in [-0.25, -0.2) is 0 Å². The molecule has 19 heavy (non-hydrogen) atoms. The number of aromatic nitrogens is 2. The molecular formula is C14H17N3OS. The maximum atomic E-state index is 5.67. The van der Waals surface area contributed by atoms with E-state index < -0.39 is 0 Å². The van der Waals surface area contributed by atoms with Crippen LogP contribution in [0.5, 0.6) is 0 Å². The Kier molecular flexibility index (Phi) is 3.73. The van der Waals surface area contributed by atoms with Gasteiger partial charge in [-0.05, 0) is 36.3 Å². The third-order valence-corrected chi connectivity index (χ3v) is 4.66. The van der Waals surface area contributed by atoms with E-state index in [1.165, 1.54) is 18.6 Å².